The zero-order chi connectivity index (χ0) is 26.1. The highest BCUT2D eigenvalue weighted by molar-refractivity contribution is 6.32. The maximum Gasteiger partial charge on any atom is 0.184 e. The molecule has 9 heteroatoms. The van der Waals surface area contributed by atoms with Gasteiger partial charge in [0.15, 0.2) is 16.8 Å². The van der Waals surface area contributed by atoms with Crippen LogP contribution in [0, 0.1) is 17.8 Å². The third-order valence-corrected chi connectivity index (χ3v) is 6.97. The number of aromatic amines is 1. The van der Waals surface area contributed by atoms with Gasteiger partial charge in [0, 0.05) is 30.0 Å². The van der Waals surface area contributed by atoms with Gasteiger partial charge in [0.1, 0.15) is 17.3 Å². The quantitative estimate of drug-likeness (QED) is 0.354. The summed E-state index contributed by atoms with van der Waals surface area (Å²) in [5.41, 5.74) is 1.79. The fraction of sp³-hybridized carbons (Fsp3) is 0.577. The molecule has 192 valence electrons. The van der Waals surface area contributed by atoms with Crippen LogP contribution in [0.25, 0.3) is 10.9 Å². The molecule has 1 aliphatic heterocycles. The van der Waals surface area contributed by atoms with E-state index in [1.165, 1.54) is 13.1 Å². The van der Waals surface area contributed by atoms with Crippen molar-refractivity contribution in [3.63, 3.8) is 0 Å². The molecule has 0 radical (unpaired) electrons. The molecule has 8 nitrogen and oxygen atoms in total. The lowest BCUT2D eigenvalue weighted by Crippen LogP contribution is -2.15. The third-order valence-electron chi connectivity index (χ3n) is 6.71. The molecule has 0 saturated carbocycles. The first-order chi connectivity index (χ1) is 16.3. The number of nitrogens with one attached hydrogen (secondary N) is 3. The first-order valence-electron chi connectivity index (χ1n) is 12.2. The number of anilines is 1. The highest BCUT2D eigenvalue weighted by atomic mass is 35.5. The van der Waals surface area contributed by atoms with E-state index in [-0.39, 0.29) is 28.0 Å². The highest BCUT2D eigenvalue weighted by Crippen LogP contribution is 2.35. The Balaban J connectivity index is 0.000000420. The number of carbonyl (C=O) groups is 1. The topological polar surface area (TPSA) is 108 Å². The van der Waals surface area contributed by atoms with E-state index in [4.69, 9.17) is 11.6 Å². The molecule has 0 bridgehead atoms. The van der Waals surface area contributed by atoms with E-state index >= 15 is 0 Å². The fourth-order valence-corrected chi connectivity index (χ4v) is 4.42. The zero-order valence-electron chi connectivity index (χ0n) is 22.1. The zero-order valence-corrected chi connectivity index (χ0v) is 22.8. The summed E-state index contributed by atoms with van der Waals surface area (Å²) in [5.74, 6) is 3.13. The van der Waals surface area contributed by atoms with E-state index in [1.807, 2.05) is 40.7 Å². The summed E-state index contributed by atoms with van der Waals surface area (Å²) in [5, 5.41) is 25.2. The molecule has 4 N–H and O–H groups in total. The number of fused-ring (bicyclic) bond motifs is 1. The van der Waals surface area contributed by atoms with Crippen LogP contribution in [0.1, 0.15) is 70.3 Å². The Bertz CT molecular complexity index is 1180. The Morgan fingerprint density at radius 2 is 1.89 bits per heavy atom. The van der Waals surface area contributed by atoms with Gasteiger partial charge in [-0.05, 0) is 36.4 Å². The fourth-order valence-electron chi connectivity index (χ4n) is 4.10. The van der Waals surface area contributed by atoms with Crippen LogP contribution in [0.5, 0.6) is 5.75 Å². The number of rotatable bonds is 5. The summed E-state index contributed by atoms with van der Waals surface area (Å²) < 4.78 is 1.72. The van der Waals surface area contributed by atoms with Gasteiger partial charge in [-0.2, -0.15) is 5.10 Å². The number of hydrogen-bond donors (Lipinski definition) is 4. The number of phenols is 1. The standard InChI is InChI=1S/C20H26ClN5O2.C6H13N/c1-10(2)17(28)16-18(21)23-15(26(16)6)9-22-19-11-7-12(20(3,4)5)14(27)8-13(11)24-25-19;1-5-3-7-4-6(5)2/h7-8,10,27H,9H2,1-6H3,(H2,22,24,25);5-7H,3-4H2,1-2H3. The molecule has 1 aromatic carbocycles. The molecule has 3 heterocycles. The number of carbonyl (C=O) groups excluding carboxylic acids is 1. The van der Waals surface area contributed by atoms with Crippen molar-refractivity contribution < 1.29 is 9.90 Å². The summed E-state index contributed by atoms with van der Waals surface area (Å²) in [6, 6.07) is 3.63. The summed E-state index contributed by atoms with van der Waals surface area (Å²) in [6.07, 6.45) is 0. The average Bonchev–Trinajstić information content (AvgIpc) is 3.42. The summed E-state index contributed by atoms with van der Waals surface area (Å²) in [4.78, 5) is 16.7. The van der Waals surface area contributed by atoms with Crippen LogP contribution in [0.4, 0.5) is 5.82 Å². The van der Waals surface area contributed by atoms with Crippen LogP contribution < -0.4 is 10.6 Å². The normalized spacial score (nSPS) is 18.1. The van der Waals surface area contributed by atoms with E-state index in [1.54, 1.807) is 17.7 Å². The number of nitrogens with zero attached hydrogens (tertiary/aromatic N) is 3. The molecule has 2 aromatic heterocycles. The highest BCUT2D eigenvalue weighted by Gasteiger charge is 2.23. The predicted molar refractivity (Wildman–Crippen MR) is 142 cm³/mol. The second-order valence-electron chi connectivity index (χ2n) is 10.9. The van der Waals surface area contributed by atoms with Crippen molar-refractivity contribution in [1.82, 2.24) is 25.1 Å². The molecule has 4 rings (SSSR count). The molecule has 1 aliphatic rings. The van der Waals surface area contributed by atoms with E-state index < -0.39 is 0 Å². The lowest BCUT2D eigenvalue weighted by molar-refractivity contribution is 0.0931. The summed E-state index contributed by atoms with van der Waals surface area (Å²) >= 11 is 6.20. The van der Waals surface area contributed by atoms with Crippen molar-refractivity contribution in [3.8, 4) is 5.75 Å². The number of phenolic OH excluding ortho intramolecular Hbond substituents is 1. The third kappa shape index (κ3) is 5.98. The van der Waals surface area contributed by atoms with E-state index in [2.05, 4.69) is 39.7 Å². The second-order valence-corrected chi connectivity index (χ2v) is 11.3. The van der Waals surface area contributed by atoms with Crippen molar-refractivity contribution in [1.29, 1.82) is 0 Å². The molecule has 2 unspecified atom stereocenters. The molecule has 0 aliphatic carbocycles. The smallest absolute Gasteiger partial charge is 0.184 e. The first-order valence-corrected chi connectivity index (χ1v) is 12.6. The Morgan fingerprint density at radius 1 is 1.26 bits per heavy atom. The van der Waals surface area contributed by atoms with Crippen LogP contribution >= 0.6 is 11.6 Å². The predicted octanol–water partition coefficient (Wildman–Crippen LogP) is 5.27. The number of aromatic nitrogens is 4. The van der Waals surface area contributed by atoms with Crippen molar-refractivity contribution in [2.24, 2.45) is 24.8 Å². The van der Waals surface area contributed by atoms with Crippen LogP contribution in [0.3, 0.4) is 0 Å². The molecule has 0 spiro atoms. The number of hydrogen-bond acceptors (Lipinski definition) is 6. The van der Waals surface area contributed by atoms with Crippen molar-refractivity contribution in [2.45, 2.75) is 60.4 Å². The number of imidazole rings is 1. The van der Waals surface area contributed by atoms with Gasteiger partial charge in [-0.3, -0.25) is 9.89 Å². The number of halogens is 1. The number of Topliss-reactive ketones (excluding diaryl/α,β-unsaturated/α-hetero) is 1. The minimum absolute atomic E-state index is 0.0400. The average molecular weight is 503 g/mol. The van der Waals surface area contributed by atoms with Crippen LogP contribution in [0.2, 0.25) is 5.15 Å². The number of benzene rings is 1. The van der Waals surface area contributed by atoms with E-state index in [9.17, 15) is 9.90 Å². The number of aromatic hydroxyl groups is 1. The van der Waals surface area contributed by atoms with Gasteiger partial charge < -0.3 is 20.3 Å². The molecular weight excluding hydrogens is 464 g/mol. The Labute approximate surface area is 212 Å². The van der Waals surface area contributed by atoms with Gasteiger partial charge in [0.2, 0.25) is 0 Å². The lowest BCUT2D eigenvalue weighted by atomic mass is 9.85. The molecule has 35 heavy (non-hydrogen) atoms. The molecule has 2 atom stereocenters. The van der Waals surface area contributed by atoms with Gasteiger partial charge >= 0.3 is 0 Å². The van der Waals surface area contributed by atoms with Gasteiger partial charge in [-0.15, -0.1) is 0 Å². The molecule has 1 fully saturated rings. The molecule has 3 aromatic rings. The van der Waals surface area contributed by atoms with Crippen LogP contribution in [-0.4, -0.2) is 43.7 Å². The van der Waals surface area contributed by atoms with E-state index in [0.29, 0.717) is 23.9 Å². The molecular formula is C26H39ClN6O2. The molecule has 1 saturated heterocycles. The number of ketones is 1. The summed E-state index contributed by atoms with van der Waals surface area (Å²) in [6.45, 7) is 17.2. The second kappa shape index (κ2) is 10.6. The largest absolute Gasteiger partial charge is 0.508 e. The Morgan fingerprint density at radius 3 is 2.40 bits per heavy atom. The van der Waals surface area contributed by atoms with Crippen LogP contribution in [0.15, 0.2) is 12.1 Å². The monoisotopic (exact) mass is 502 g/mol. The Kier molecular flexibility index (Phi) is 8.17. The molecule has 0 amide bonds. The lowest BCUT2D eigenvalue weighted by Gasteiger charge is -2.20. The number of H-pyrrole nitrogens is 1. The van der Waals surface area contributed by atoms with Crippen molar-refractivity contribution in [3.05, 3.63) is 34.4 Å². The maximum atomic E-state index is 12.4. The first kappa shape index (κ1) is 27.0. The minimum atomic E-state index is -0.202. The minimum Gasteiger partial charge on any atom is -0.508 e. The SMILES string of the molecule is CC(C)C(=O)c1c(Cl)nc(CNc2n[nH]c3cc(O)c(C(C)(C)C)cc23)n1C.CC1CNCC1C. The Hall–Kier alpha value is -2.58. The maximum absolute atomic E-state index is 12.4. The van der Waals surface area contributed by atoms with E-state index in [0.717, 1.165) is 28.3 Å². The van der Waals surface area contributed by atoms with Gasteiger partial charge in [-0.25, -0.2) is 4.98 Å². The van der Waals surface area contributed by atoms with Gasteiger partial charge in [0.25, 0.3) is 0 Å². The van der Waals surface area contributed by atoms with Crippen LogP contribution in [-0.2, 0) is 19.0 Å². The summed E-state index contributed by atoms with van der Waals surface area (Å²) in [7, 11) is 1.78. The van der Waals surface area contributed by atoms with Gasteiger partial charge in [-0.1, -0.05) is 60.1 Å². The van der Waals surface area contributed by atoms with Crippen molar-refractivity contribution in [2.75, 3.05) is 18.4 Å². The van der Waals surface area contributed by atoms with Crippen molar-refractivity contribution >= 4 is 34.1 Å². The van der Waals surface area contributed by atoms with Gasteiger partial charge in [0.05, 0.1) is 12.1 Å².